The van der Waals surface area contributed by atoms with Gasteiger partial charge in [-0.1, -0.05) is 60.9 Å². The van der Waals surface area contributed by atoms with Crippen molar-refractivity contribution in [2.75, 3.05) is 11.1 Å². The van der Waals surface area contributed by atoms with E-state index in [1.54, 1.807) is 18.2 Å². The molecule has 1 N–H and O–H groups in total. The van der Waals surface area contributed by atoms with Gasteiger partial charge >= 0.3 is 0 Å². The number of hydrogen-bond donors (Lipinski definition) is 1. The molecule has 0 atom stereocenters. The molecule has 0 aliphatic heterocycles. The maximum Gasteiger partial charge on any atom is 0.234 e. The molecule has 3 aromatic rings. The predicted octanol–water partition coefficient (Wildman–Crippen LogP) is 5.86. The molecule has 0 aliphatic rings. The van der Waals surface area contributed by atoms with Gasteiger partial charge in [0.15, 0.2) is 11.0 Å². The topological polar surface area (TPSA) is 69.0 Å². The maximum absolute atomic E-state index is 12.3. The minimum Gasteiger partial charge on any atom is -0.485 e. The third kappa shape index (κ3) is 6.15. The molecular formula is C22H24Cl2N4O2S. The Labute approximate surface area is 196 Å². The summed E-state index contributed by atoms with van der Waals surface area (Å²) >= 11 is 13.3. The van der Waals surface area contributed by atoms with E-state index < -0.39 is 0 Å². The average Bonchev–Trinajstić information content (AvgIpc) is 3.06. The Morgan fingerprint density at radius 1 is 1.19 bits per heavy atom. The lowest BCUT2D eigenvalue weighted by atomic mass is 10.0. The highest BCUT2D eigenvalue weighted by Crippen LogP contribution is 2.29. The van der Waals surface area contributed by atoms with E-state index in [2.05, 4.69) is 41.5 Å². The van der Waals surface area contributed by atoms with E-state index in [1.807, 2.05) is 24.6 Å². The zero-order valence-corrected chi connectivity index (χ0v) is 20.1. The fraction of sp³-hybridized carbons (Fsp3) is 0.318. The molecule has 1 aromatic heterocycles. The summed E-state index contributed by atoms with van der Waals surface area (Å²) < 4.78 is 7.88. The minimum absolute atomic E-state index is 0.168. The first kappa shape index (κ1) is 23.4. The van der Waals surface area contributed by atoms with Crippen molar-refractivity contribution >= 4 is 46.6 Å². The summed E-state index contributed by atoms with van der Waals surface area (Å²) in [6, 6.07) is 11.1. The number of aromatic nitrogens is 3. The second-order valence-electron chi connectivity index (χ2n) is 7.40. The largest absolute Gasteiger partial charge is 0.485 e. The van der Waals surface area contributed by atoms with Crippen molar-refractivity contribution < 1.29 is 9.53 Å². The smallest absolute Gasteiger partial charge is 0.234 e. The predicted molar refractivity (Wildman–Crippen MR) is 126 cm³/mol. The molecule has 164 valence electrons. The van der Waals surface area contributed by atoms with E-state index in [0.29, 0.717) is 39.2 Å². The average molecular weight is 479 g/mol. The lowest BCUT2D eigenvalue weighted by Gasteiger charge is -2.14. The van der Waals surface area contributed by atoms with E-state index in [4.69, 9.17) is 27.9 Å². The van der Waals surface area contributed by atoms with Gasteiger partial charge in [-0.3, -0.25) is 4.79 Å². The Bertz CT molecular complexity index is 1090. The fourth-order valence-electron chi connectivity index (χ4n) is 2.89. The van der Waals surface area contributed by atoms with E-state index in [0.717, 1.165) is 16.9 Å². The number of carbonyl (C=O) groups excluding carboxylic acids is 1. The van der Waals surface area contributed by atoms with Gasteiger partial charge < -0.3 is 14.6 Å². The summed E-state index contributed by atoms with van der Waals surface area (Å²) in [6.07, 6.45) is 0. The molecule has 9 heteroatoms. The molecule has 1 amide bonds. The van der Waals surface area contributed by atoms with Crippen LogP contribution in [0.1, 0.15) is 36.7 Å². The number of carbonyl (C=O) groups is 1. The number of ether oxygens (including phenoxy) is 1. The Balaban J connectivity index is 1.59. The molecule has 2 aromatic carbocycles. The van der Waals surface area contributed by atoms with Crippen LogP contribution in [0.15, 0.2) is 41.6 Å². The van der Waals surface area contributed by atoms with Crippen molar-refractivity contribution in [3.05, 3.63) is 63.4 Å². The van der Waals surface area contributed by atoms with Crippen molar-refractivity contribution in [1.29, 1.82) is 0 Å². The second kappa shape index (κ2) is 10.4. The number of rotatable bonds is 8. The van der Waals surface area contributed by atoms with E-state index in [-0.39, 0.29) is 11.7 Å². The van der Waals surface area contributed by atoms with Crippen LogP contribution in [-0.4, -0.2) is 26.4 Å². The van der Waals surface area contributed by atoms with Crippen LogP contribution in [0.4, 0.5) is 5.69 Å². The third-order valence-electron chi connectivity index (χ3n) is 4.61. The highest BCUT2D eigenvalue weighted by atomic mass is 35.5. The number of hydrogen-bond acceptors (Lipinski definition) is 5. The Kier molecular flexibility index (Phi) is 7.86. The SMILES string of the molecule is Cc1ccc(C(C)C)c(OCc2nnc(SCC(=O)Nc3ccc(Cl)cc3Cl)n2C)c1. The lowest BCUT2D eigenvalue weighted by molar-refractivity contribution is -0.113. The van der Waals surface area contributed by atoms with Crippen molar-refractivity contribution in [3.63, 3.8) is 0 Å². The van der Waals surface area contributed by atoms with Crippen LogP contribution in [0.3, 0.4) is 0 Å². The van der Waals surface area contributed by atoms with Gasteiger partial charge in [0.1, 0.15) is 12.4 Å². The zero-order chi connectivity index (χ0) is 22.5. The second-order valence-corrected chi connectivity index (χ2v) is 9.19. The molecule has 31 heavy (non-hydrogen) atoms. The van der Waals surface area contributed by atoms with Crippen molar-refractivity contribution in [3.8, 4) is 5.75 Å². The van der Waals surface area contributed by atoms with Gasteiger partial charge in [-0.15, -0.1) is 10.2 Å². The Morgan fingerprint density at radius 3 is 2.68 bits per heavy atom. The number of thioether (sulfide) groups is 1. The zero-order valence-electron chi connectivity index (χ0n) is 17.8. The summed E-state index contributed by atoms with van der Waals surface area (Å²) in [5.41, 5.74) is 2.81. The lowest BCUT2D eigenvalue weighted by Crippen LogP contribution is -2.15. The van der Waals surface area contributed by atoms with Gasteiger partial charge in [0.25, 0.3) is 0 Å². The van der Waals surface area contributed by atoms with Gasteiger partial charge in [-0.25, -0.2) is 0 Å². The Hall–Kier alpha value is -2.22. The first-order valence-electron chi connectivity index (χ1n) is 9.74. The molecule has 0 spiro atoms. The normalized spacial score (nSPS) is 11.1. The van der Waals surface area contributed by atoms with Gasteiger partial charge in [0, 0.05) is 12.1 Å². The Morgan fingerprint density at radius 2 is 1.97 bits per heavy atom. The monoisotopic (exact) mass is 478 g/mol. The van der Waals surface area contributed by atoms with Gasteiger partial charge in [0.2, 0.25) is 5.91 Å². The summed E-state index contributed by atoms with van der Waals surface area (Å²) in [4.78, 5) is 12.3. The molecule has 0 saturated carbocycles. The molecule has 3 rings (SSSR count). The minimum atomic E-state index is -0.198. The summed E-state index contributed by atoms with van der Waals surface area (Å²) in [7, 11) is 1.86. The van der Waals surface area contributed by atoms with Crippen LogP contribution in [0.25, 0.3) is 0 Å². The first-order valence-corrected chi connectivity index (χ1v) is 11.5. The fourth-order valence-corrected chi connectivity index (χ4v) is 4.08. The van der Waals surface area contributed by atoms with Crippen molar-refractivity contribution in [1.82, 2.24) is 14.8 Å². The summed E-state index contributed by atoms with van der Waals surface area (Å²) in [5.74, 6) is 1.86. The van der Waals surface area contributed by atoms with Crippen LogP contribution >= 0.6 is 35.0 Å². The number of amides is 1. The number of benzene rings is 2. The molecule has 1 heterocycles. The third-order valence-corrected chi connectivity index (χ3v) is 6.18. The number of halogens is 2. The highest BCUT2D eigenvalue weighted by molar-refractivity contribution is 7.99. The van der Waals surface area contributed by atoms with Crippen LogP contribution in [0.2, 0.25) is 10.0 Å². The maximum atomic E-state index is 12.3. The first-order chi connectivity index (χ1) is 14.7. The summed E-state index contributed by atoms with van der Waals surface area (Å²) in [6.45, 7) is 6.60. The molecule has 0 bridgehead atoms. The molecule has 0 saturated heterocycles. The van der Waals surface area contributed by atoms with Gasteiger partial charge in [0.05, 0.1) is 16.5 Å². The van der Waals surface area contributed by atoms with E-state index in [1.165, 1.54) is 11.8 Å². The molecule has 0 fully saturated rings. The molecule has 0 radical (unpaired) electrons. The molecule has 6 nitrogen and oxygen atoms in total. The summed E-state index contributed by atoms with van der Waals surface area (Å²) in [5, 5.41) is 12.7. The molecule has 0 unspecified atom stereocenters. The number of aryl methyl sites for hydroxylation is 1. The number of anilines is 1. The molecule has 0 aliphatic carbocycles. The van der Waals surface area contributed by atoms with Crippen molar-refractivity contribution in [2.24, 2.45) is 7.05 Å². The van der Waals surface area contributed by atoms with E-state index >= 15 is 0 Å². The van der Waals surface area contributed by atoms with Crippen molar-refractivity contribution in [2.45, 2.75) is 38.5 Å². The van der Waals surface area contributed by atoms with Crippen LogP contribution < -0.4 is 10.1 Å². The van der Waals surface area contributed by atoms with E-state index in [9.17, 15) is 4.79 Å². The van der Waals surface area contributed by atoms with Gasteiger partial charge in [-0.05, 0) is 48.2 Å². The highest BCUT2D eigenvalue weighted by Gasteiger charge is 2.14. The van der Waals surface area contributed by atoms with Crippen LogP contribution in [-0.2, 0) is 18.4 Å². The quantitative estimate of drug-likeness (QED) is 0.410. The van der Waals surface area contributed by atoms with Crippen LogP contribution in [0, 0.1) is 6.92 Å². The van der Waals surface area contributed by atoms with Gasteiger partial charge in [-0.2, -0.15) is 0 Å². The standard InChI is InChI=1S/C22H24Cl2N4O2S/c1-13(2)16-7-5-14(3)9-19(16)30-11-20-26-27-22(28(20)4)31-12-21(29)25-18-8-6-15(23)10-17(18)24/h5-10,13H,11-12H2,1-4H3,(H,25,29). The number of nitrogens with one attached hydrogen (secondary N) is 1. The number of nitrogens with zero attached hydrogens (tertiary/aromatic N) is 3. The van der Waals surface area contributed by atoms with Crippen LogP contribution in [0.5, 0.6) is 5.75 Å². The molecular weight excluding hydrogens is 455 g/mol.